The van der Waals surface area contributed by atoms with Crippen LogP contribution in [0.3, 0.4) is 0 Å². The van der Waals surface area contributed by atoms with Crippen molar-refractivity contribution in [1.82, 2.24) is 9.80 Å². The summed E-state index contributed by atoms with van der Waals surface area (Å²) in [6.07, 6.45) is 1.11. The molecule has 1 atom stereocenters. The van der Waals surface area contributed by atoms with Gasteiger partial charge in [-0.2, -0.15) is 0 Å². The first-order valence-corrected chi connectivity index (χ1v) is 10.1. The van der Waals surface area contributed by atoms with E-state index in [1.54, 1.807) is 12.1 Å². The van der Waals surface area contributed by atoms with Crippen LogP contribution in [0.1, 0.15) is 12.0 Å². The van der Waals surface area contributed by atoms with Gasteiger partial charge in [0.25, 0.3) is 0 Å². The second kappa shape index (κ2) is 6.79. The van der Waals surface area contributed by atoms with Gasteiger partial charge in [0.2, 0.25) is 5.91 Å². The summed E-state index contributed by atoms with van der Waals surface area (Å²) in [7, 11) is -2.85. The minimum absolute atomic E-state index is 0.117. The van der Waals surface area contributed by atoms with E-state index in [9.17, 15) is 13.2 Å². The molecule has 1 aromatic carbocycles. The Kier molecular flexibility index (Phi) is 4.94. The van der Waals surface area contributed by atoms with Crippen LogP contribution in [-0.4, -0.2) is 67.9 Å². The van der Waals surface area contributed by atoms with E-state index in [4.69, 9.17) is 11.6 Å². The predicted molar refractivity (Wildman–Crippen MR) is 90.4 cm³/mol. The predicted octanol–water partition coefficient (Wildman–Crippen LogP) is 1.21. The van der Waals surface area contributed by atoms with Crippen LogP contribution < -0.4 is 0 Å². The second-order valence-corrected chi connectivity index (χ2v) is 8.94. The lowest BCUT2D eigenvalue weighted by Gasteiger charge is -2.37. The largest absolute Gasteiger partial charge is 0.340 e. The Morgan fingerprint density at radius 1 is 1.13 bits per heavy atom. The molecule has 7 heteroatoms. The average Bonchev–Trinajstić information content (AvgIpc) is 2.90. The Bertz CT molecular complexity index is 667. The van der Waals surface area contributed by atoms with Gasteiger partial charge in [-0.15, -0.1) is 0 Å². The smallest absolute Gasteiger partial charge is 0.227 e. The van der Waals surface area contributed by atoms with Gasteiger partial charge in [0.1, 0.15) is 0 Å². The number of nitrogens with zero attached hydrogens (tertiary/aromatic N) is 2. The molecule has 1 aromatic rings. The van der Waals surface area contributed by atoms with Crippen molar-refractivity contribution < 1.29 is 13.2 Å². The molecule has 0 aromatic heterocycles. The number of benzene rings is 1. The summed E-state index contributed by atoms with van der Waals surface area (Å²) in [5.41, 5.74) is 0.962. The third kappa shape index (κ3) is 4.25. The Hall–Kier alpha value is -1.11. The molecular weight excluding hydrogens is 336 g/mol. The fraction of sp³-hybridized carbons (Fsp3) is 0.562. The van der Waals surface area contributed by atoms with Crippen molar-refractivity contribution in [2.24, 2.45) is 0 Å². The Morgan fingerprint density at radius 2 is 1.78 bits per heavy atom. The summed E-state index contributed by atoms with van der Waals surface area (Å²) in [6.45, 7) is 2.85. The third-order valence-corrected chi connectivity index (χ3v) is 6.66. The molecular formula is C16H21ClN2O3S. The molecule has 23 heavy (non-hydrogen) atoms. The quantitative estimate of drug-likeness (QED) is 0.817. The van der Waals surface area contributed by atoms with Crippen molar-refractivity contribution in [3.05, 3.63) is 34.9 Å². The van der Waals surface area contributed by atoms with E-state index in [1.807, 2.05) is 17.0 Å². The summed E-state index contributed by atoms with van der Waals surface area (Å²) >= 11 is 5.85. The number of carbonyl (C=O) groups excluding carboxylic acids is 1. The highest BCUT2D eigenvalue weighted by Gasteiger charge is 2.34. The summed E-state index contributed by atoms with van der Waals surface area (Å²) in [6, 6.07) is 7.47. The number of sulfone groups is 1. The number of hydrogen-bond acceptors (Lipinski definition) is 4. The molecule has 2 saturated heterocycles. The number of hydrogen-bond donors (Lipinski definition) is 0. The zero-order valence-corrected chi connectivity index (χ0v) is 14.5. The van der Waals surface area contributed by atoms with Crippen LogP contribution in [-0.2, 0) is 21.1 Å². The third-order valence-electron chi connectivity index (χ3n) is 4.66. The van der Waals surface area contributed by atoms with Gasteiger partial charge in [-0.05, 0) is 24.1 Å². The van der Waals surface area contributed by atoms with Gasteiger partial charge in [0.15, 0.2) is 9.84 Å². The fourth-order valence-electron chi connectivity index (χ4n) is 3.29. The lowest BCUT2D eigenvalue weighted by molar-refractivity contribution is -0.132. The van der Waals surface area contributed by atoms with Gasteiger partial charge in [-0.25, -0.2) is 8.42 Å². The SMILES string of the molecule is O=C(Cc1ccc(Cl)cc1)N1CCN(C2CCS(=O)(=O)C2)CC1. The Balaban J connectivity index is 1.50. The maximum atomic E-state index is 12.4. The minimum Gasteiger partial charge on any atom is -0.340 e. The Morgan fingerprint density at radius 3 is 2.35 bits per heavy atom. The van der Waals surface area contributed by atoms with Crippen LogP contribution >= 0.6 is 11.6 Å². The van der Waals surface area contributed by atoms with E-state index >= 15 is 0 Å². The molecule has 3 rings (SSSR count). The van der Waals surface area contributed by atoms with Crippen molar-refractivity contribution in [1.29, 1.82) is 0 Å². The van der Waals surface area contributed by atoms with E-state index in [-0.39, 0.29) is 17.7 Å². The molecule has 0 saturated carbocycles. The van der Waals surface area contributed by atoms with E-state index in [0.29, 0.717) is 30.3 Å². The molecule has 2 aliphatic heterocycles. The zero-order chi connectivity index (χ0) is 16.4. The monoisotopic (exact) mass is 356 g/mol. The van der Waals surface area contributed by atoms with Crippen LogP contribution in [0.4, 0.5) is 0 Å². The molecule has 2 fully saturated rings. The highest BCUT2D eigenvalue weighted by atomic mass is 35.5. The normalized spacial score (nSPS) is 24.7. The summed E-state index contributed by atoms with van der Waals surface area (Å²) in [4.78, 5) is 16.5. The molecule has 0 aliphatic carbocycles. The number of carbonyl (C=O) groups is 1. The lowest BCUT2D eigenvalue weighted by Crippen LogP contribution is -2.52. The van der Waals surface area contributed by atoms with Crippen molar-refractivity contribution in [2.45, 2.75) is 18.9 Å². The topological polar surface area (TPSA) is 57.7 Å². The summed E-state index contributed by atoms with van der Waals surface area (Å²) in [5, 5.41) is 0.668. The maximum Gasteiger partial charge on any atom is 0.227 e. The highest BCUT2D eigenvalue weighted by Crippen LogP contribution is 2.19. The zero-order valence-electron chi connectivity index (χ0n) is 12.9. The van der Waals surface area contributed by atoms with Gasteiger partial charge in [-0.3, -0.25) is 9.69 Å². The van der Waals surface area contributed by atoms with Crippen LogP contribution in [0.2, 0.25) is 5.02 Å². The minimum atomic E-state index is -2.85. The summed E-state index contributed by atoms with van der Waals surface area (Å²) < 4.78 is 23.2. The molecule has 2 aliphatic rings. The lowest BCUT2D eigenvalue weighted by atomic mass is 10.1. The van der Waals surface area contributed by atoms with Gasteiger partial charge in [-0.1, -0.05) is 23.7 Å². The standard InChI is InChI=1S/C16H21ClN2O3S/c17-14-3-1-13(2-4-14)11-16(20)19-8-6-18(7-9-19)15-5-10-23(21,22)12-15/h1-4,15H,5-12H2. The van der Waals surface area contributed by atoms with E-state index in [1.165, 1.54) is 0 Å². The van der Waals surface area contributed by atoms with Crippen molar-refractivity contribution >= 4 is 27.3 Å². The van der Waals surface area contributed by atoms with Crippen LogP contribution in [0.5, 0.6) is 0 Å². The first-order chi connectivity index (χ1) is 10.9. The van der Waals surface area contributed by atoms with Crippen LogP contribution in [0, 0.1) is 0 Å². The summed E-state index contributed by atoms with van der Waals surface area (Å²) in [5.74, 6) is 0.685. The van der Waals surface area contributed by atoms with Crippen molar-refractivity contribution in [2.75, 3.05) is 37.7 Å². The highest BCUT2D eigenvalue weighted by molar-refractivity contribution is 7.91. The average molecular weight is 357 g/mol. The van der Waals surface area contributed by atoms with E-state index < -0.39 is 9.84 Å². The van der Waals surface area contributed by atoms with E-state index in [2.05, 4.69) is 4.90 Å². The van der Waals surface area contributed by atoms with Crippen molar-refractivity contribution in [3.8, 4) is 0 Å². The molecule has 126 valence electrons. The maximum absolute atomic E-state index is 12.4. The fourth-order valence-corrected chi connectivity index (χ4v) is 5.18. The number of amides is 1. The molecule has 1 amide bonds. The second-order valence-electron chi connectivity index (χ2n) is 6.28. The number of halogens is 1. The number of piperazine rings is 1. The molecule has 1 unspecified atom stereocenters. The van der Waals surface area contributed by atoms with Crippen molar-refractivity contribution in [3.63, 3.8) is 0 Å². The van der Waals surface area contributed by atoms with Gasteiger partial charge in [0.05, 0.1) is 17.9 Å². The number of rotatable bonds is 3. The van der Waals surface area contributed by atoms with Gasteiger partial charge in [0, 0.05) is 37.2 Å². The molecule has 0 spiro atoms. The molecule has 2 heterocycles. The van der Waals surface area contributed by atoms with Gasteiger partial charge < -0.3 is 4.90 Å². The molecule has 0 N–H and O–H groups in total. The molecule has 5 nitrogen and oxygen atoms in total. The first-order valence-electron chi connectivity index (χ1n) is 7.90. The van der Waals surface area contributed by atoms with Gasteiger partial charge >= 0.3 is 0 Å². The van der Waals surface area contributed by atoms with Crippen LogP contribution in [0.15, 0.2) is 24.3 Å². The molecule has 0 radical (unpaired) electrons. The van der Waals surface area contributed by atoms with E-state index in [0.717, 1.165) is 25.1 Å². The Labute approximate surface area is 142 Å². The van der Waals surface area contributed by atoms with Crippen LogP contribution in [0.25, 0.3) is 0 Å². The molecule has 0 bridgehead atoms. The first kappa shape index (κ1) is 16.7.